The van der Waals surface area contributed by atoms with Crippen LogP contribution in [-0.2, 0) is 9.53 Å². The molecule has 0 radical (unpaired) electrons. The summed E-state index contributed by atoms with van der Waals surface area (Å²) in [6.45, 7) is 0.367. The van der Waals surface area contributed by atoms with Crippen LogP contribution in [0.2, 0.25) is 0 Å². The third-order valence-electron chi connectivity index (χ3n) is 6.34. The van der Waals surface area contributed by atoms with Gasteiger partial charge in [0.25, 0.3) is 5.91 Å². The molecule has 0 atom stereocenters. The van der Waals surface area contributed by atoms with Crippen molar-refractivity contribution >= 4 is 27.8 Å². The average Bonchev–Trinajstić information content (AvgIpc) is 2.59. The number of ether oxygens (including phenoxy) is 1. The van der Waals surface area contributed by atoms with Crippen molar-refractivity contribution in [2.45, 2.75) is 38.5 Å². The number of esters is 1. The second-order valence-electron chi connectivity index (χ2n) is 8.43. The molecule has 1 aromatic rings. The Bertz CT molecular complexity index is 697. The van der Waals surface area contributed by atoms with Gasteiger partial charge in [-0.3, -0.25) is 4.79 Å². The number of carbonyl (C=O) groups excluding carboxylic acids is 2. The van der Waals surface area contributed by atoms with E-state index in [9.17, 15) is 14.7 Å². The normalized spacial score (nSPS) is 31.7. The summed E-state index contributed by atoms with van der Waals surface area (Å²) in [5.41, 5.74) is 0.310. The first-order chi connectivity index (χ1) is 12.4. The van der Waals surface area contributed by atoms with Gasteiger partial charge in [-0.25, -0.2) is 4.79 Å². The molecule has 0 aromatic heterocycles. The van der Waals surface area contributed by atoms with Gasteiger partial charge in [0.2, 0.25) is 0 Å². The van der Waals surface area contributed by atoms with Gasteiger partial charge in [0.15, 0.2) is 6.61 Å². The van der Waals surface area contributed by atoms with E-state index in [1.54, 1.807) is 6.07 Å². The molecule has 5 nitrogen and oxygen atoms in total. The van der Waals surface area contributed by atoms with Crippen molar-refractivity contribution in [3.05, 3.63) is 28.2 Å². The second-order valence-corrected chi connectivity index (χ2v) is 9.35. The highest BCUT2D eigenvalue weighted by Gasteiger charge is 2.50. The lowest BCUT2D eigenvalue weighted by Crippen LogP contribution is -2.51. The molecule has 4 fully saturated rings. The molecule has 0 spiro atoms. The predicted octanol–water partition coefficient (Wildman–Crippen LogP) is 3.64. The number of carbonyl (C=O) groups is 2. The summed E-state index contributed by atoms with van der Waals surface area (Å²) < 4.78 is 5.73. The lowest BCUT2D eigenvalue weighted by atomic mass is 9.49. The Morgan fingerprint density at radius 1 is 1.15 bits per heavy atom. The van der Waals surface area contributed by atoms with Crippen LogP contribution in [0, 0.1) is 23.2 Å². The van der Waals surface area contributed by atoms with E-state index in [1.807, 2.05) is 0 Å². The summed E-state index contributed by atoms with van der Waals surface area (Å²) >= 11 is 3.25. The van der Waals surface area contributed by atoms with Crippen LogP contribution < -0.4 is 5.32 Å². The van der Waals surface area contributed by atoms with Crippen molar-refractivity contribution < 1.29 is 19.4 Å². The third kappa shape index (κ3) is 3.61. The fourth-order valence-electron chi connectivity index (χ4n) is 5.72. The molecule has 0 heterocycles. The van der Waals surface area contributed by atoms with E-state index in [-0.39, 0.29) is 29.2 Å². The van der Waals surface area contributed by atoms with Crippen LogP contribution in [0.1, 0.15) is 48.9 Å². The molecule has 4 bridgehead atoms. The molecule has 4 saturated carbocycles. The van der Waals surface area contributed by atoms with Crippen LogP contribution in [0.15, 0.2) is 22.7 Å². The minimum atomic E-state index is -0.700. The molecule has 0 saturated heterocycles. The van der Waals surface area contributed by atoms with Crippen molar-refractivity contribution in [2.24, 2.45) is 23.2 Å². The lowest BCUT2D eigenvalue weighted by Gasteiger charge is -2.56. The molecule has 0 aliphatic heterocycles. The van der Waals surface area contributed by atoms with Crippen LogP contribution in [0.5, 0.6) is 5.75 Å². The largest absolute Gasteiger partial charge is 0.507 e. The van der Waals surface area contributed by atoms with E-state index in [1.165, 1.54) is 50.7 Å². The van der Waals surface area contributed by atoms with Gasteiger partial charge in [-0.05, 0) is 79.9 Å². The van der Waals surface area contributed by atoms with Crippen LogP contribution >= 0.6 is 15.9 Å². The molecule has 1 aromatic carbocycles. The summed E-state index contributed by atoms with van der Waals surface area (Å²) in [7, 11) is 0. The molecule has 4 aliphatic rings. The minimum absolute atomic E-state index is 0.0493. The zero-order valence-corrected chi connectivity index (χ0v) is 16.3. The summed E-state index contributed by atoms with van der Waals surface area (Å²) in [6, 6.07) is 4.52. The zero-order valence-electron chi connectivity index (χ0n) is 14.7. The maximum absolute atomic E-state index is 12.2. The lowest BCUT2D eigenvalue weighted by molar-refractivity contribution is -0.126. The Labute approximate surface area is 161 Å². The number of rotatable bonds is 5. The van der Waals surface area contributed by atoms with Gasteiger partial charge in [0.05, 0.1) is 0 Å². The third-order valence-corrected chi connectivity index (χ3v) is 6.83. The van der Waals surface area contributed by atoms with E-state index < -0.39 is 5.97 Å². The molecule has 2 N–H and O–H groups in total. The summed E-state index contributed by atoms with van der Waals surface area (Å²) in [5, 5.41) is 12.7. The topological polar surface area (TPSA) is 75.6 Å². The summed E-state index contributed by atoms with van der Waals surface area (Å²) in [4.78, 5) is 24.2. The van der Waals surface area contributed by atoms with Crippen molar-refractivity contribution in [1.82, 2.24) is 5.32 Å². The van der Waals surface area contributed by atoms with E-state index >= 15 is 0 Å². The van der Waals surface area contributed by atoms with E-state index in [2.05, 4.69) is 21.2 Å². The maximum Gasteiger partial charge on any atom is 0.342 e. The number of benzene rings is 1. The van der Waals surface area contributed by atoms with Gasteiger partial charge in [0, 0.05) is 11.0 Å². The van der Waals surface area contributed by atoms with Crippen LogP contribution in [-0.4, -0.2) is 30.1 Å². The minimum Gasteiger partial charge on any atom is -0.507 e. The Morgan fingerprint density at radius 2 is 1.77 bits per heavy atom. The smallest absolute Gasteiger partial charge is 0.342 e. The fraction of sp³-hybridized carbons (Fsp3) is 0.600. The van der Waals surface area contributed by atoms with Crippen molar-refractivity contribution in [1.29, 1.82) is 0 Å². The number of aromatic hydroxyl groups is 1. The highest BCUT2D eigenvalue weighted by molar-refractivity contribution is 9.10. The Hall–Kier alpha value is -1.56. The number of nitrogens with one attached hydrogen (secondary N) is 1. The van der Waals surface area contributed by atoms with Gasteiger partial charge in [0.1, 0.15) is 11.3 Å². The second kappa shape index (κ2) is 6.87. The van der Waals surface area contributed by atoms with Crippen molar-refractivity contribution in [3.8, 4) is 5.75 Å². The monoisotopic (exact) mass is 421 g/mol. The number of hydrogen-bond donors (Lipinski definition) is 2. The van der Waals surface area contributed by atoms with Gasteiger partial charge in [-0.2, -0.15) is 0 Å². The average molecular weight is 422 g/mol. The quantitative estimate of drug-likeness (QED) is 0.711. The van der Waals surface area contributed by atoms with E-state index in [0.29, 0.717) is 11.0 Å². The van der Waals surface area contributed by atoms with Crippen LogP contribution in [0.25, 0.3) is 0 Å². The fourth-order valence-corrected chi connectivity index (χ4v) is 6.09. The number of halogens is 1. The predicted molar refractivity (Wildman–Crippen MR) is 99.7 cm³/mol. The Balaban J connectivity index is 1.28. The van der Waals surface area contributed by atoms with Crippen molar-refractivity contribution in [3.63, 3.8) is 0 Å². The van der Waals surface area contributed by atoms with Crippen molar-refractivity contribution in [2.75, 3.05) is 13.2 Å². The highest BCUT2D eigenvalue weighted by Crippen LogP contribution is 2.59. The van der Waals surface area contributed by atoms with Crippen LogP contribution in [0.3, 0.4) is 0 Å². The summed E-state index contributed by atoms with van der Waals surface area (Å²) in [6.07, 6.45) is 7.81. The zero-order chi connectivity index (χ0) is 18.3. The molecule has 4 aliphatic carbocycles. The molecule has 1 amide bonds. The van der Waals surface area contributed by atoms with Gasteiger partial charge in [-0.1, -0.05) is 15.9 Å². The Morgan fingerprint density at radius 3 is 2.38 bits per heavy atom. The molecule has 6 heteroatoms. The molecule has 140 valence electrons. The number of phenols is 1. The number of hydrogen-bond acceptors (Lipinski definition) is 4. The molecule has 5 rings (SSSR count). The first-order valence-electron chi connectivity index (χ1n) is 9.35. The number of phenolic OH excluding ortho intramolecular Hbond substituents is 1. The molecular weight excluding hydrogens is 398 g/mol. The number of amides is 1. The SMILES string of the molecule is O=C(COC(=O)c1cc(Br)ccc1O)NCC12CC3CC(CC(C3)C1)C2. The molecule has 0 unspecified atom stereocenters. The van der Waals surface area contributed by atoms with Gasteiger partial charge < -0.3 is 15.2 Å². The molecule has 26 heavy (non-hydrogen) atoms. The standard InChI is InChI=1S/C20H24BrNO4/c21-15-1-2-17(23)16(6-15)19(25)26-10-18(24)22-11-20-7-12-3-13(8-20)5-14(4-12)9-20/h1-2,6,12-14,23H,3-5,7-11H2,(H,22,24). The van der Waals surface area contributed by atoms with Gasteiger partial charge >= 0.3 is 5.97 Å². The van der Waals surface area contributed by atoms with E-state index in [4.69, 9.17) is 4.74 Å². The Kier molecular flexibility index (Phi) is 4.71. The first-order valence-corrected chi connectivity index (χ1v) is 10.1. The maximum atomic E-state index is 12.2. The van der Waals surface area contributed by atoms with E-state index in [0.717, 1.165) is 17.8 Å². The first kappa shape index (κ1) is 17.8. The van der Waals surface area contributed by atoms with Gasteiger partial charge in [-0.15, -0.1) is 0 Å². The van der Waals surface area contributed by atoms with Crippen LogP contribution in [0.4, 0.5) is 0 Å². The highest BCUT2D eigenvalue weighted by atomic mass is 79.9. The summed E-state index contributed by atoms with van der Waals surface area (Å²) in [5.74, 6) is 1.39. The molecular formula is C20H24BrNO4.